The third-order valence-corrected chi connectivity index (χ3v) is 5.46. The highest BCUT2D eigenvalue weighted by molar-refractivity contribution is 8.10. The third-order valence-electron chi connectivity index (χ3n) is 2.85. The summed E-state index contributed by atoms with van der Waals surface area (Å²) < 4.78 is 0. The summed E-state index contributed by atoms with van der Waals surface area (Å²) in [4.78, 5) is 19.3. The number of hydrogen-bond donors (Lipinski definition) is 1. The number of aryl methyl sites for hydroxylation is 1. The Hall–Kier alpha value is -0.980. The molecule has 1 unspecified atom stereocenters. The molecular weight excluding hydrogens is 268 g/mol. The summed E-state index contributed by atoms with van der Waals surface area (Å²) in [5.74, 6) is 2.22. The molecule has 1 N–H and O–H groups in total. The summed E-state index contributed by atoms with van der Waals surface area (Å²) in [5, 5.41) is 10.3. The van der Waals surface area contributed by atoms with Crippen molar-refractivity contribution in [2.45, 2.75) is 13.2 Å². The van der Waals surface area contributed by atoms with E-state index in [-0.39, 0.29) is 5.91 Å². The monoisotopic (exact) mass is 280 g/mol. The average Bonchev–Trinajstić information content (AvgIpc) is 2.64. The number of aliphatic hydroxyl groups excluding tert-OH is 1. The molecule has 0 saturated carbocycles. The first-order chi connectivity index (χ1) is 8.68. The summed E-state index contributed by atoms with van der Waals surface area (Å²) in [6.07, 6.45) is 0.827. The standard InChI is InChI=1S/C12H12N2O2S2/c1-7-2-3-8(13-6-7)14-11(15)9-10(12(14)16)18-5-4-17-9/h2-3,6,11,15H,4-5H2,1H3. The van der Waals surface area contributed by atoms with Crippen LogP contribution in [0.25, 0.3) is 0 Å². The van der Waals surface area contributed by atoms with Gasteiger partial charge < -0.3 is 5.11 Å². The predicted molar refractivity (Wildman–Crippen MR) is 74.4 cm³/mol. The predicted octanol–water partition coefficient (Wildman–Crippen LogP) is 1.75. The Balaban J connectivity index is 1.96. The van der Waals surface area contributed by atoms with Crippen molar-refractivity contribution >= 4 is 35.2 Å². The first kappa shape index (κ1) is 12.1. The van der Waals surface area contributed by atoms with Crippen LogP contribution in [0.2, 0.25) is 0 Å². The van der Waals surface area contributed by atoms with Crippen LogP contribution in [0.15, 0.2) is 28.1 Å². The van der Waals surface area contributed by atoms with E-state index in [9.17, 15) is 9.90 Å². The van der Waals surface area contributed by atoms with Crippen molar-refractivity contribution in [1.29, 1.82) is 0 Å². The molecule has 4 nitrogen and oxygen atoms in total. The third kappa shape index (κ3) is 1.84. The highest BCUT2D eigenvalue weighted by Crippen LogP contribution is 2.43. The Labute approximate surface area is 113 Å². The minimum Gasteiger partial charge on any atom is -0.368 e. The van der Waals surface area contributed by atoms with Crippen LogP contribution in [0, 0.1) is 6.92 Å². The van der Waals surface area contributed by atoms with Gasteiger partial charge in [-0.05, 0) is 18.6 Å². The van der Waals surface area contributed by atoms with E-state index < -0.39 is 6.23 Å². The molecule has 3 heterocycles. The number of aromatic nitrogens is 1. The lowest BCUT2D eigenvalue weighted by molar-refractivity contribution is -0.115. The van der Waals surface area contributed by atoms with Crippen molar-refractivity contribution in [3.8, 4) is 0 Å². The van der Waals surface area contributed by atoms with Crippen molar-refractivity contribution in [1.82, 2.24) is 4.98 Å². The molecule has 18 heavy (non-hydrogen) atoms. The zero-order valence-electron chi connectivity index (χ0n) is 9.79. The number of anilines is 1. The van der Waals surface area contributed by atoms with Crippen LogP contribution in [-0.2, 0) is 4.79 Å². The van der Waals surface area contributed by atoms with E-state index in [0.29, 0.717) is 10.7 Å². The SMILES string of the molecule is Cc1ccc(N2C(=O)C3=C(SCCS3)C2O)nc1. The van der Waals surface area contributed by atoms with Gasteiger partial charge in [0.15, 0.2) is 6.23 Å². The number of nitrogens with zero attached hydrogens (tertiary/aromatic N) is 2. The summed E-state index contributed by atoms with van der Waals surface area (Å²) in [5.41, 5.74) is 1.03. The topological polar surface area (TPSA) is 53.4 Å². The molecule has 6 heteroatoms. The molecule has 94 valence electrons. The molecule has 0 saturated heterocycles. The molecule has 0 aromatic carbocycles. The van der Waals surface area contributed by atoms with Gasteiger partial charge in [0.25, 0.3) is 5.91 Å². The molecule has 0 bridgehead atoms. The lowest BCUT2D eigenvalue weighted by atomic mass is 10.3. The molecule has 2 aliphatic rings. The van der Waals surface area contributed by atoms with Gasteiger partial charge in [-0.2, -0.15) is 0 Å². The number of carbonyl (C=O) groups is 1. The van der Waals surface area contributed by atoms with Gasteiger partial charge in [-0.3, -0.25) is 9.69 Å². The van der Waals surface area contributed by atoms with E-state index in [1.54, 1.807) is 24.0 Å². The molecule has 0 aliphatic carbocycles. The van der Waals surface area contributed by atoms with Gasteiger partial charge in [0.1, 0.15) is 5.82 Å². The van der Waals surface area contributed by atoms with Crippen LogP contribution < -0.4 is 4.90 Å². The summed E-state index contributed by atoms with van der Waals surface area (Å²) in [6, 6.07) is 3.66. The highest BCUT2D eigenvalue weighted by Gasteiger charge is 2.41. The Bertz CT molecular complexity index is 527. The van der Waals surface area contributed by atoms with Gasteiger partial charge in [0.05, 0.1) is 9.81 Å². The van der Waals surface area contributed by atoms with E-state index in [1.807, 2.05) is 13.0 Å². The Morgan fingerprint density at radius 2 is 2.17 bits per heavy atom. The average molecular weight is 280 g/mol. The summed E-state index contributed by atoms with van der Waals surface area (Å²) in [7, 11) is 0. The summed E-state index contributed by atoms with van der Waals surface area (Å²) in [6.45, 7) is 1.94. The molecule has 0 radical (unpaired) electrons. The van der Waals surface area contributed by atoms with E-state index in [1.165, 1.54) is 16.7 Å². The molecule has 0 spiro atoms. The first-order valence-corrected chi connectivity index (χ1v) is 7.59. The van der Waals surface area contributed by atoms with E-state index in [0.717, 1.165) is 22.0 Å². The van der Waals surface area contributed by atoms with Crippen molar-refractivity contribution in [3.05, 3.63) is 33.7 Å². The number of hydrogen-bond acceptors (Lipinski definition) is 5. The smallest absolute Gasteiger partial charge is 0.269 e. The normalized spacial score (nSPS) is 23.6. The lowest BCUT2D eigenvalue weighted by Gasteiger charge is -2.21. The second-order valence-electron chi connectivity index (χ2n) is 4.13. The largest absolute Gasteiger partial charge is 0.368 e. The van der Waals surface area contributed by atoms with Crippen LogP contribution in [0.1, 0.15) is 5.56 Å². The molecule has 2 aliphatic heterocycles. The van der Waals surface area contributed by atoms with Gasteiger partial charge in [0.2, 0.25) is 0 Å². The maximum atomic E-state index is 12.3. The van der Waals surface area contributed by atoms with Crippen LogP contribution in [-0.4, -0.2) is 33.7 Å². The van der Waals surface area contributed by atoms with Crippen molar-refractivity contribution < 1.29 is 9.90 Å². The van der Waals surface area contributed by atoms with Crippen LogP contribution >= 0.6 is 23.5 Å². The van der Waals surface area contributed by atoms with Gasteiger partial charge in [0, 0.05) is 17.7 Å². The number of aliphatic hydroxyl groups is 1. The number of thioether (sulfide) groups is 2. The molecule has 3 rings (SSSR count). The molecule has 1 amide bonds. The second kappa shape index (κ2) is 4.60. The van der Waals surface area contributed by atoms with Gasteiger partial charge in [-0.25, -0.2) is 4.98 Å². The molecule has 0 fully saturated rings. The van der Waals surface area contributed by atoms with Crippen molar-refractivity contribution in [2.24, 2.45) is 0 Å². The molecular formula is C12H12N2O2S2. The zero-order chi connectivity index (χ0) is 12.7. The van der Waals surface area contributed by atoms with Crippen LogP contribution in [0.3, 0.4) is 0 Å². The minimum atomic E-state index is -0.875. The Morgan fingerprint density at radius 1 is 1.39 bits per heavy atom. The second-order valence-corrected chi connectivity index (χ2v) is 6.37. The highest BCUT2D eigenvalue weighted by atomic mass is 32.2. The molecule has 1 atom stereocenters. The van der Waals surface area contributed by atoms with E-state index >= 15 is 0 Å². The first-order valence-electron chi connectivity index (χ1n) is 5.62. The van der Waals surface area contributed by atoms with E-state index in [4.69, 9.17) is 0 Å². The van der Waals surface area contributed by atoms with Crippen molar-refractivity contribution in [3.63, 3.8) is 0 Å². The quantitative estimate of drug-likeness (QED) is 0.849. The van der Waals surface area contributed by atoms with Gasteiger partial charge >= 0.3 is 0 Å². The molecule has 1 aromatic heterocycles. The maximum absolute atomic E-state index is 12.3. The number of pyridine rings is 1. The van der Waals surface area contributed by atoms with E-state index in [2.05, 4.69) is 4.98 Å². The number of rotatable bonds is 1. The maximum Gasteiger partial charge on any atom is 0.269 e. The lowest BCUT2D eigenvalue weighted by Crippen LogP contribution is -2.35. The van der Waals surface area contributed by atoms with Crippen molar-refractivity contribution in [2.75, 3.05) is 16.4 Å². The Morgan fingerprint density at radius 3 is 2.83 bits per heavy atom. The number of carbonyl (C=O) groups excluding carboxylic acids is 1. The Kier molecular flexibility index (Phi) is 3.09. The number of amides is 1. The summed E-state index contributed by atoms with van der Waals surface area (Å²) >= 11 is 3.09. The van der Waals surface area contributed by atoms with Crippen LogP contribution in [0.4, 0.5) is 5.82 Å². The van der Waals surface area contributed by atoms with Gasteiger partial charge in [-0.1, -0.05) is 6.07 Å². The fourth-order valence-corrected chi connectivity index (χ4v) is 4.35. The minimum absolute atomic E-state index is 0.133. The van der Waals surface area contributed by atoms with Crippen LogP contribution in [0.5, 0.6) is 0 Å². The van der Waals surface area contributed by atoms with Gasteiger partial charge in [-0.15, -0.1) is 23.5 Å². The fraction of sp³-hybridized carbons (Fsp3) is 0.333. The molecule has 1 aromatic rings. The fourth-order valence-electron chi connectivity index (χ4n) is 1.96. The zero-order valence-corrected chi connectivity index (χ0v) is 11.4.